The summed E-state index contributed by atoms with van der Waals surface area (Å²) in [4.78, 5) is 0. The van der Waals surface area contributed by atoms with Crippen molar-refractivity contribution in [3.8, 4) is 0 Å². The Morgan fingerprint density at radius 2 is 1.74 bits per heavy atom. The van der Waals surface area contributed by atoms with E-state index < -0.39 is 0 Å². The molecule has 0 spiro atoms. The zero-order valence-electron chi connectivity index (χ0n) is 15.2. The molecule has 1 aromatic rings. The maximum absolute atomic E-state index is 13.1. The number of halogens is 1. The molecule has 0 bridgehead atoms. The van der Waals surface area contributed by atoms with Crippen molar-refractivity contribution in [1.82, 2.24) is 0 Å². The lowest BCUT2D eigenvalue weighted by molar-refractivity contribution is 0.636. The van der Waals surface area contributed by atoms with Gasteiger partial charge < -0.3 is 0 Å². The molecular weight excluding hydrogens is 302 g/mol. The second-order valence-electron chi connectivity index (χ2n) is 5.59. The fraction of sp³-hybridized carbons (Fsp3) is 0.429. The van der Waals surface area contributed by atoms with Crippen molar-refractivity contribution >= 4 is 20.1 Å². The molecule has 1 unspecified atom stereocenters. The summed E-state index contributed by atoms with van der Waals surface area (Å²) in [6, 6.07) is 5.12. The molecule has 0 aliphatic heterocycles. The van der Waals surface area contributed by atoms with Gasteiger partial charge in [0.05, 0.1) is 0 Å². The lowest BCUT2D eigenvalue weighted by Crippen LogP contribution is -1.98. The molecular formula is C21H32FP. The van der Waals surface area contributed by atoms with Crippen LogP contribution in [0.15, 0.2) is 48.6 Å². The first kappa shape index (κ1) is 21.8. The van der Waals surface area contributed by atoms with Crippen LogP contribution in [0.2, 0.25) is 0 Å². The number of allylic oxidation sites excluding steroid dienone is 5. The highest BCUT2D eigenvalue weighted by atomic mass is 31.0. The Morgan fingerprint density at radius 3 is 2.17 bits per heavy atom. The van der Waals surface area contributed by atoms with Gasteiger partial charge in [-0.25, -0.2) is 4.39 Å². The average molecular weight is 334 g/mol. The maximum atomic E-state index is 13.1. The molecule has 0 nitrogen and oxygen atoms in total. The molecule has 23 heavy (non-hydrogen) atoms. The third-order valence-electron chi connectivity index (χ3n) is 3.63. The Labute approximate surface area is 144 Å². The van der Waals surface area contributed by atoms with Gasteiger partial charge in [-0.2, -0.15) is 0 Å². The number of benzene rings is 1. The second kappa shape index (κ2) is 13.3. The van der Waals surface area contributed by atoms with Gasteiger partial charge in [0.25, 0.3) is 0 Å². The molecule has 0 saturated carbocycles. The van der Waals surface area contributed by atoms with Crippen LogP contribution >= 0.6 is 9.24 Å². The van der Waals surface area contributed by atoms with E-state index in [-0.39, 0.29) is 5.82 Å². The van der Waals surface area contributed by atoms with E-state index in [4.69, 9.17) is 0 Å². The highest BCUT2D eigenvalue weighted by molar-refractivity contribution is 7.27. The van der Waals surface area contributed by atoms with Crippen LogP contribution in [0.3, 0.4) is 0 Å². The number of unbranched alkanes of at least 4 members (excludes halogenated alkanes) is 3. The summed E-state index contributed by atoms with van der Waals surface area (Å²) in [6.07, 6.45) is 12.4. The number of hydrogen-bond acceptors (Lipinski definition) is 0. The van der Waals surface area contributed by atoms with Crippen molar-refractivity contribution in [2.24, 2.45) is 0 Å². The Kier molecular flexibility index (Phi) is 12.6. The van der Waals surface area contributed by atoms with Gasteiger partial charge in [-0.05, 0) is 42.2 Å². The van der Waals surface area contributed by atoms with E-state index in [1.54, 1.807) is 6.07 Å². The maximum Gasteiger partial charge on any atom is 0.130 e. The zero-order valence-corrected chi connectivity index (χ0v) is 16.3. The lowest BCUT2D eigenvalue weighted by Gasteiger charge is -2.03. The lowest BCUT2D eigenvalue weighted by atomic mass is 10.1. The summed E-state index contributed by atoms with van der Waals surface area (Å²) < 4.78 is 13.1. The third kappa shape index (κ3) is 9.51. The molecule has 1 atom stereocenters. The van der Waals surface area contributed by atoms with Crippen LogP contribution in [0, 0.1) is 5.82 Å². The van der Waals surface area contributed by atoms with E-state index in [0.29, 0.717) is 5.30 Å². The van der Waals surface area contributed by atoms with Gasteiger partial charge in [-0.1, -0.05) is 77.3 Å². The van der Waals surface area contributed by atoms with Crippen molar-refractivity contribution in [2.75, 3.05) is 0 Å². The molecule has 0 aliphatic rings. The van der Waals surface area contributed by atoms with Gasteiger partial charge in [0.1, 0.15) is 5.82 Å². The highest BCUT2D eigenvalue weighted by Crippen LogP contribution is 2.15. The van der Waals surface area contributed by atoms with Crippen molar-refractivity contribution < 1.29 is 4.39 Å². The van der Waals surface area contributed by atoms with Gasteiger partial charge >= 0.3 is 0 Å². The molecule has 0 aromatic heterocycles. The second-order valence-corrected chi connectivity index (χ2v) is 6.21. The predicted molar refractivity (Wildman–Crippen MR) is 108 cm³/mol. The minimum atomic E-state index is -0.192. The molecule has 0 radical (unpaired) electrons. The van der Waals surface area contributed by atoms with Crippen LogP contribution in [0.4, 0.5) is 4.39 Å². The Morgan fingerprint density at radius 1 is 1.13 bits per heavy atom. The summed E-state index contributed by atoms with van der Waals surface area (Å²) in [5.41, 5.74) is 3.34. The summed E-state index contributed by atoms with van der Waals surface area (Å²) in [6.45, 7) is 12.3. The molecule has 0 amide bonds. The van der Waals surface area contributed by atoms with Crippen LogP contribution in [0.25, 0.3) is 5.57 Å². The summed E-state index contributed by atoms with van der Waals surface area (Å²) in [7, 11) is 2.41. The van der Waals surface area contributed by atoms with E-state index in [2.05, 4.69) is 36.6 Å². The van der Waals surface area contributed by atoms with E-state index >= 15 is 0 Å². The van der Waals surface area contributed by atoms with Crippen molar-refractivity contribution in [3.05, 3.63) is 60.0 Å². The summed E-state index contributed by atoms with van der Waals surface area (Å²) in [5.74, 6) is -0.192. The number of hydrogen-bond donors (Lipinski definition) is 0. The van der Waals surface area contributed by atoms with Gasteiger partial charge in [0, 0.05) is 5.30 Å². The Bertz CT molecular complexity index is 523. The van der Waals surface area contributed by atoms with E-state index in [1.807, 2.05) is 31.2 Å². The molecule has 0 saturated heterocycles. The summed E-state index contributed by atoms with van der Waals surface area (Å²) in [5, 5.41) is 0.596. The minimum absolute atomic E-state index is 0.192. The highest BCUT2D eigenvalue weighted by Gasteiger charge is 2.00. The van der Waals surface area contributed by atoms with Crippen molar-refractivity contribution in [2.45, 2.75) is 59.8 Å². The molecule has 0 N–H and O–H groups in total. The van der Waals surface area contributed by atoms with Gasteiger partial charge in [-0.15, -0.1) is 9.24 Å². The molecule has 2 heteroatoms. The van der Waals surface area contributed by atoms with Gasteiger partial charge in [0.2, 0.25) is 0 Å². The minimum Gasteiger partial charge on any atom is -0.206 e. The Hall–Kier alpha value is -1.20. The molecule has 128 valence electrons. The zero-order chi connectivity index (χ0) is 17.7. The molecule has 0 aliphatic carbocycles. The van der Waals surface area contributed by atoms with Gasteiger partial charge in [-0.3, -0.25) is 0 Å². The van der Waals surface area contributed by atoms with Crippen LogP contribution in [0.5, 0.6) is 0 Å². The standard InChI is InChI=1S/C15H18FP.C6H14/c1-4-12(5-2)7-6-11(3)13-8-9-14(16)15(17)10-13;1-3-5-6-4-2/h4,6-10H,1,5,17H2,2-3H3;3-6H2,1-2H3/b11-6+,12-7+;. The van der Waals surface area contributed by atoms with E-state index in [1.165, 1.54) is 37.3 Å². The monoisotopic (exact) mass is 334 g/mol. The molecule has 1 aromatic carbocycles. The van der Waals surface area contributed by atoms with Crippen LogP contribution in [-0.4, -0.2) is 0 Å². The average Bonchev–Trinajstić information content (AvgIpc) is 2.56. The molecule has 1 rings (SSSR count). The van der Waals surface area contributed by atoms with Gasteiger partial charge in [0.15, 0.2) is 0 Å². The predicted octanol–water partition coefficient (Wildman–Crippen LogP) is 6.84. The number of rotatable bonds is 7. The first-order chi connectivity index (χ1) is 11.0. The van der Waals surface area contributed by atoms with E-state index in [9.17, 15) is 4.39 Å². The Balaban J connectivity index is 0.000000688. The van der Waals surface area contributed by atoms with Crippen LogP contribution in [0.1, 0.15) is 65.4 Å². The molecule has 0 heterocycles. The topological polar surface area (TPSA) is 0 Å². The fourth-order valence-electron chi connectivity index (χ4n) is 1.95. The SMILES string of the molecule is C=C/C(=C\C=C(/C)c1ccc(F)c(P)c1)CC.CCCCCC. The van der Waals surface area contributed by atoms with Crippen LogP contribution in [-0.2, 0) is 0 Å². The largest absolute Gasteiger partial charge is 0.206 e. The van der Waals surface area contributed by atoms with E-state index in [0.717, 1.165) is 17.6 Å². The quantitative estimate of drug-likeness (QED) is 0.291. The van der Waals surface area contributed by atoms with Crippen LogP contribution < -0.4 is 5.30 Å². The summed E-state index contributed by atoms with van der Waals surface area (Å²) >= 11 is 0. The first-order valence-corrected chi connectivity index (χ1v) is 9.13. The molecule has 0 fully saturated rings. The fourth-order valence-corrected chi connectivity index (χ4v) is 2.22. The normalized spacial score (nSPS) is 11.7. The smallest absolute Gasteiger partial charge is 0.130 e. The van der Waals surface area contributed by atoms with Crippen molar-refractivity contribution in [3.63, 3.8) is 0 Å². The van der Waals surface area contributed by atoms with Crippen molar-refractivity contribution in [1.29, 1.82) is 0 Å². The first-order valence-electron chi connectivity index (χ1n) is 8.55. The third-order valence-corrected chi connectivity index (χ3v) is 4.07.